The predicted molar refractivity (Wildman–Crippen MR) is 48.7 cm³/mol. The molecular formula is C8H19N3O. The summed E-state index contributed by atoms with van der Waals surface area (Å²) in [6, 6.07) is 0. The molecule has 1 rings (SSSR count). The van der Waals surface area contributed by atoms with Crippen molar-refractivity contribution in [3.05, 3.63) is 0 Å². The van der Waals surface area contributed by atoms with Crippen molar-refractivity contribution in [1.82, 2.24) is 10.2 Å². The summed E-state index contributed by atoms with van der Waals surface area (Å²) in [6.45, 7) is 7.83. The van der Waals surface area contributed by atoms with Crippen molar-refractivity contribution in [1.29, 1.82) is 0 Å². The van der Waals surface area contributed by atoms with Crippen molar-refractivity contribution in [3.63, 3.8) is 0 Å². The van der Waals surface area contributed by atoms with Gasteiger partial charge in [0, 0.05) is 26.2 Å². The predicted octanol–water partition coefficient (Wildman–Crippen LogP) is -1.05. The Morgan fingerprint density at radius 2 is 1.92 bits per heavy atom. The van der Waals surface area contributed by atoms with Gasteiger partial charge in [0.15, 0.2) is 0 Å². The lowest BCUT2D eigenvalue weighted by atomic mass is 10.00. The normalized spacial score (nSPS) is 24.0. The summed E-state index contributed by atoms with van der Waals surface area (Å²) < 4.78 is 0. The molecule has 1 saturated heterocycles. The van der Waals surface area contributed by atoms with Crippen LogP contribution in [0.15, 0.2) is 0 Å². The van der Waals surface area contributed by atoms with Gasteiger partial charge in [-0.1, -0.05) is 0 Å². The molecule has 0 bridgehead atoms. The summed E-state index contributed by atoms with van der Waals surface area (Å²) in [5.74, 6) is 0. The highest BCUT2D eigenvalue weighted by Gasteiger charge is 2.32. The van der Waals surface area contributed by atoms with Crippen LogP contribution < -0.4 is 11.1 Å². The molecule has 72 valence electrons. The molecule has 0 aromatic heterocycles. The van der Waals surface area contributed by atoms with Gasteiger partial charge in [-0.25, -0.2) is 0 Å². The van der Waals surface area contributed by atoms with Gasteiger partial charge in [0.05, 0.1) is 5.54 Å². The first-order valence-electron chi connectivity index (χ1n) is 4.44. The summed E-state index contributed by atoms with van der Waals surface area (Å²) in [5, 5.41) is 12.6. The van der Waals surface area contributed by atoms with Gasteiger partial charge in [-0.2, -0.15) is 0 Å². The molecule has 1 fully saturated rings. The van der Waals surface area contributed by atoms with Crippen LogP contribution in [0.25, 0.3) is 0 Å². The van der Waals surface area contributed by atoms with E-state index >= 15 is 0 Å². The second-order valence-electron chi connectivity index (χ2n) is 3.84. The zero-order valence-electron chi connectivity index (χ0n) is 7.88. The van der Waals surface area contributed by atoms with E-state index in [9.17, 15) is 5.11 Å². The molecule has 0 saturated carbocycles. The third-order valence-electron chi connectivity index (χ3n) is 2.66. The molecule has 0 aliphatic carbocycles. The molecule has 0 aromatic rings. The Morgan fingerprint density at radius 1 is 1.42 bits per heavy atom. The lowest BCUT2D eigenvalue weighted by molar-refractivity contribution is -0.0121. The first kappa shape index (κ1) is 9.92. The quantitative estimate of drug-likeness (QED) is 0.466. The zero-order valence-corrected chi connectivity index (χ0v) is 7.88. The SMILES string of the molecule is CC(C)([C@H](N)O)N1CCNCC1. The molecule has 0 amide bonds. The third kappa shape index (κ3) is 1.95. The van der Waals surface area contributed by atoms with E-state index in [4.69, 9.17) is 5.73 Å². The second kappa shape index (κ2) is 3.70. The van der Waals surface area contributed by atoms with Crippen LogP contribution in [0.5, 0.6) is 0 Å². The number of nitrogens with one attached hydrogen (secondary N) is 1. The first-order valence-corrected chi connectivity index (χ1v) is 4.44. The largest absolute Gasteiger partial charge is 0.377 e. The maximum absolute atomic E-state index is 9.35. The van der Waals surface area contributed by atoms with Gasteiger partial charge in [-0.05, 0) is 13.8 Å². The smallest absolute Gasteiger partial charge is 0.120 e. The summed E-state index contributed by atoms with van der Waals surface area (Å²) in [7, 11) is 0. The van der Waals surface area contributed by atoms with Crippen LogP contribution in [0.1, 0.15) is 13.8 Å². The van der Waals surface area contributed by atoms with Crippen LogP contribution in [0.2, 0.25) is 0 Å². The fourth-order valence-corrected chi connectivity index (χ4v) is 1.43. The number of nitrogens with two attached hydrogens (primary N) is 1. The summed E-state index contributed by atoms with van der Waals surface area (Å²) in [4.78, 5) is 2.22. The second-order valence-corrected chi connectivity index (χ2v) is 3.84. The van der Waals surface area contributed by atoms with Gasteiger partial charge in [0.2, 0.25) is 0 Å². The molecule has 0 spiro atoms. The monoisotopic (exact) mass is 173 g/mol. The van der Waals surface area contributed by atoms with Crippen molar-refractivity contribution >= 4 is 0 Å². The van der Waals surface area contributed by atoms with E-state index in [1.54, 1.807) is 0 Å². The highest BCUT2D eigenvalue weighted by Crippen LogP contribution is 2.16. The van der Waals surface area contributed by atoms with E-state index in [0.29, 0.717) is 0 Å². The summed E-state index contributed by atoms with van der Waals surface area (Å²) in [5.41, 5.74) is 5.19. The van der Waals surface area contributed by atoms with Crippen molar-refractivity contribution in [3.8, 4) is 0 Å². The van der Waals surface area contributed by atoms with Crippen LogP contribution in [0.3, 0.4) is 0 Å². The molecule has 4 nitrogen and oxygen atoms in total. The van der Waals surface area contributed by atoms with E-state index < -0.39 is 6.23 Å². The average molecular weight is 173 g/mol. The number of aliphatic hydroxyl groups excluding tert-OH is 1. The lowest BCUT2D eigenvalue weighted by Crippen LogP contribution is -2.60. The van der Waals surface area contributed by atoms with E-state index in [1.165, 1.54) is 0 Å². The molecule has 12 heavy (non-hydrogen) atoms. The molecule has 1 atom stereocenters. The number of hydrogen-bond donors (Lipinski definition) is 3. The number of hydrogen-bond acceptors (Lipinski definition) is 4. The van der Waals surface area contributed by atoms with E-state index in [2.05, 4.69) is 10.2 Å². The van der Waals surface area contributed by atoms with E-state index in [1.807, 2.05) is 13.8 Å². The van der Waals surface area contributed by atoms with Crippen LogP contribution in [-0.2, 0) is 0 Å². The van der Waals surface area contributed by atoms with Crippen LogP contribution in [-0.4, -0.2) is 48.0 Å². The zero-order chi connectivity index (χ0) is 9.19. The molecule has 4 heteroatoms. The number of aliphatic hydroxyl groups is 1. The lowest BCUT2D eigenvalue weighted by Gasteiger charge is -2.42. The van der Waals surface area contributed by atoms with Crippen molar-refractivity contribution in [2.75, 3.05) is 26.2 Å². The molecule has 0 unspecified atom stereocenters. The summed E-state index contributed by atoms with van der Waals surface area (Å²) in [6.07, 6.45) is -0.768. The maximum atomic E-state index is 9.35. The number of piperazine rings is 1. The molecule has 0 aromatic carbocycles. The molecule has 1 aliphatic heterocycles. The molecule has 4 N–H and O–H groups in total. The highest BCUT2D eigenvalue weighted by molar-refractivity contribution is 4.88. The van der Waals surface area contributed by atoms with Crippen molar-refractivity contribution in [2.24, 2.45) is 5.73 Å². The fourth-order valence-electron chi connectivity index (χ4n) is 1.43. The van der Waals surface area contributed by atoms with Crippen LogP contribution in [0.4, 0.5) is 0 Å². The van der Waals surface area contributed by atoms with Crippen molar-refractivity contribution < 1.29 is 5.11 Å². The minimum atomic E-state index is -0.768. The fraction of sp³-hybridized carbons (Fsp3) is 1.00. The Balaban J connectivity index is 2.53. The van der Waals surface area contributed by atoms with Gasteiger partial charge in [0.1, 0.15) is 6.23 Å². The van der Waals surface area contributed by atoms with Crippen LogP contribution >= 0.6 is 0 Å². The van der Waals surface area contributed by atoms with Gasteiger partial charge in [0.25, 0.3) is 0 Å². The molecular weight excluding hydrogens is 154 g/mol. The Kier molecular flexibility index (Phi) is 3.06. The minimum absolute atomic E-state index is 0.303. The van der Waals surface area contributed by atoms with E-state index in [0.717, 1.165) is 26.2 Å². The van der Waals surface area contributed by atoms with Crippen molar-refractivity contribution in [2.45, 2.75) is 25.6 Å². The minimum Gasteiger partial charge on any atom is -0.377 e. The van der Waals surface area contributed by atoms with E-state index in [-0.39, 0.29) is 5.54 Å². The van der Waals surface area contributed by atoms with Gasteiger partial charge in [-0.15, -0.1) is 0 Å². The van der Waals surface area contributed by atoms with Crippen LogP contribution in [0, 0.1) is 0 Å². The van der Waals surface area contributed by atoms with Gasteiger partial charge in [-0.3, -0.25) is 4.90 Å². The number of nitrogens with zero attached hydrogens (tertiary/aromatic N) is 1. The average Bonchev–Trinajstić information content (AvgIpc) is 2.06. The molecule has 1 heterocycles. The first-order chi connectivity index (χ1) is 5.55. The molecule has 0 radical (unpaired) electrons. The van der Waals surface area contributed by atoms with Gasteiger partial charge < -0.3 is 16.2 Å². The topological polar surface area (TPSA) is 61.5 Å². The summed E-state index contributed by atoms with van der Waals surface area (Å²) >= 11 is 0. The Labute approximate surface area is 73.7 Å². The molecule has 1 aliphatic rings. The number of rotatable bonds is 2. The maximum Gasteiger partial charge on any atom is 0.120 e. The third-order valence-corrected chi connectivity index (χ3v) is 2.66. The Morgan fingerprint density at radius 3 is 2.33 bits per heavy atom. The van der Waals surface area contributed by atoms with Gasteiger partial charge >= 0.3 is 0 Å². The Hall–Kier alpha value is -0.160. The highest BCUT2D eigenvalue weighted by atomic mass is 16.3. The standard InChI is InChI=1S/C8H19N3O/c1-8(2,7(9)12)11-5-3-10-4-6-11/h7,10,12H,3-6,9H2,1-2H3/t7-/m1/s1. The Bertz CT molecular complexity index is 141.